The molecule has 0 bridgehead atoms. The fourth-order valence-electron chi connectivity index (χ4n) is 4.71. The third-order valence-electron chi connectivity index (χ3n) is 5.93. The van der Waals surface area contributed by atoms with E-state index >= 15 is 0 Å². The normalized spacial score (nSPS) is 24.5. The molecular formula is C23H13Cl2N3O2. The number of imide groups is 1. The number of piperidine rings is 1. The molecule has 2 fully saturated rings. The predicted molar refractivity (Wildman–Crippen MR) is 112 cm³/mol. The minimum absolute atomic E-state index is 0.287. The van der Waals surface area contributed by atoms with Gasteiger partial charge < -0.3 is 0 Å². The number of nitriles is 1. The maximum absolute atomic E-state index is 13.4. The lowest BCUT2D eigenvalue weighted by molar-refractivity contribution is -0.124. The lowest BCUT2D eigenvalue weighted by Gasteiger charge is -2.26. The van der Waals surface area contributed by atoms with E-state index in [0.29, 0.717) is 21.3 Å². The molecule has 1 aliphatic heterocycles. The summed E-state index contributed by atoms with van der Waals surface area (Å²) in [7, 11) is 0. The summed E-state index contributed by atoms with van der Waals surface area (Å²) in [4.78, 5) is 32.1. The highest BCUT2D eigenvalue weighted by molar-refractivity contribution is 6.36. The van der Waals surface area contributed by atoms with Crippen LogP contribution in [0.25, 0.3) is 0 Å². The number of anilines is 1. The van der Waals surface area contributed by atoms with Gasteiger partial charge in [0.05, 0.1) is 29.2 Å². The fraction of sp³-hybridized carbons (Fsp3) is 0.130. The summed E-state index contributed by atoms with van der Waals surface area (Å²) >= 11 is 12.2. The van der Waals surface area contributed by atoms with Crippen molar-refractivity contribution < 1.29 is 9.59 Å². The number of nitrogens with zero attached hydrogens (tertiary/aromatic N) is 3. The molecule has 1 saturated carbocycles. The number of benzene rings is 2. The molecule has 5 rings (SSSR count). The molecule has 0 N–H and O–H groups in total. The first-order valence-corrected chi connectivity index (χ1v) is 9.99. The van der Waals surface area contributed by atoms with Crippen LogP contribution in [0.4, 0.5) is 5.69 Å². The average molecular weight is 434 g/mol. The van der Waals surface area contributed by atoms with Gasteiger partial charge in [-0.2, -0.15) is 5.26 Å². The SMILES string of the molecule is N#Cc1ccc([C@]2(c3ccncc3)[C@@H]3C(=O)N(c4cc(Cl)cc(Cl)c4)C(=O)[C@@H]32)cc1. The van der Waals surface area contributed by atoms with E-state index in [0.717, 1.165) is 11.1 Å². The summed E-state index contributed by atoms with van der Waals surface area (Å²) in [6.45, 7) is 0. The number of hydrogen-bond acceptors (Lipinski definition) is 4. The highest BCUT2D eigenvalue weighted by Crippen LogP contribution is 2.68. The van der Waals surface area contributed by atoms with E-state index in [9.17, 15) is 9.59 Å². The van der Waals surface area contributed by atoms with Gasteiger partial charge in [-0.05, 0) is 53.6 Å². The summed E-state index contributed by atoms with van der Waals surface area (Å²) in [5, 5.41) is 9.83. The van der Waals surface area contributed by atoms with E-state index in [4.69, 9.17) is 28.5 Å². The lowest BCUT2D eigenvalue weighted by atomic mass is 9.83. The van der Waals surface area contributed by atoms with Crippen molar-refractivity contribution in [3.05, 3.63) is 93.7 Å². The van der Waals surface area contributed by atoms with Crippen LogP contribution in [0.1, 0.15) is 16.7 Å². The molecule has 3 atom stereocenters. The standard InChI is InChI=1S/C23H13Cl2N3O2/c24-16-9-17(25)11-18(10-16)28-21(29)19-20(22(28)30)23(19,15-5-7-27-8-6-15)14-3-1-13(12-26)2-4-14/h1-11,19-20H/t19-,20+,23-. The monoisotopic (exact) mass is 433 g/mol. The van der Waals surface area contributed by atoms with E-state index in [2.05, 4.69) is 11.1 Å². The molecule has 146 valence electrons. The van der Waals surface area contributed by atoms with Gasteiger partial charge in [0.15, 0.2) is 0 Å². The maximum atomic E-state index is 13.4. The van der Waals surface area contributed by atoms with Crippen molar-refractivity contribution in [1.29, 1.82) is 5.26 Å². The van der Waals surface area contributed by atoms with Gasteiger partial charge in [0, 0.05) is 27.9 Å². The number of carbonyl (C=O) groups is 2. The van der Waals surface area contributed by atoms with Crippen molar-refractivity contribution in [3.8, 4) is 6.07 Å². The molecule has 30 heavy (non-hydrogen) atoms. The summed E-state index contributed by atoms with van der Waals surface area (Å²) < 4.78 is 0. The van der Waals surface area contributed by atoms with E-state index in [-0.39, 0.29) is 11.8 Å². The molecule has 0 unspecified atom stereocenters. The zero-order valence-corrected chi connectivity index (χ0v) is 16.9. The van der Waals surface area contributed by atoms with Crippen molar-refractivity contribution in [2.45, 2.75) is 5.41 Å². The molecule has 2 heterocycles. The third-order valence-corrected chi connectivity index (χ3v) is 6.37. The smallest absolute Gasteiger partial charge is 0.239 e. The minimum Gasteiger partial charge on any atom is -0.274 e. The molecule has 5 nitrogen and oxygen atoms in total. The Morgan fingerprint density at radius 1 is 0.867 bits per heavy atom. The third kappa shape index (κ3) is 2.51. The Labute approximate surface area is 182 Å². The summed E-state index contributed by atoms with van der Waals surface area (Å²) in [6.07, 6.45) is 3.30. The maximum Gasteiger partial charge on any atom is 0.239 e. The van der Waals surface area contributed by atoms with Crippen molar-refractivity contribution >= 4 is 40.7 Å². The Hall–Kier alpha value is -3.20. The molecule has 0 radical (unpaired) electrons. The second-order valence-corrected chi connectivity index (χ2v) is 8.26. The molecule has 2 aliphatic rings. The molecule has 7 heteroatoms. The molecule has 0 spiro atoms. The lowest BCUT2D eigenvalue weighted by Crippen LogP contribution is -2.39. The zero-order valence-electron chi connectivity index (χ0n) is 15.4. The van der Waals surface area contributed by atoms with Gasteiger partial charge in [0.25, 0.3) is 0 Å². The average Bonchev–Trinajstić information content (AvgIpc) is 3.37. The van der Waals surface area contributed by atoms with Crippen LogP contribution in [0.5, 0.6) is 0 Å². The van der Waals surface area contributed by atoms with Crippen molar-refractivity contribution in [2.75, 3.05) is 4.90 Å². The van der Waals surface area contributed by atoms with E-state index in [1.807, 2.05) is 24.3 Å². The Morgan fingerprint density at radius 2 is 1.40 bits per heavy atom. The number of amides is 2. The van der Waals surface area contributed by atoms with Crippen LogP contribution in [0.15, 0.2) is 67.0 Å². The van der Waals surface area contributed by atoms with E-state index in [1.165, 1.54) is 4.90 Å². The highest BCUT2D eigenvalue weighted by atomic mass is 35.5. The minimum atomic E-state index is -0.774. The molecule has 1 aromatic heterocycles. The van der Waals surface area contributed by atoms with Gasteiger partial charge in [-0.1, -0.05) is 35.3 Å². The second kappa shape index (κ2) is 6.66. The number of rotatable bonds is 3. The van der Waals surface area contributed by atoms with Crippen molar-refractivity contribution in [1.82, 2.24) is 4.98 Å². The van der Waals surface area contributed by atoms with Crippen LogP contribution >= 0.6 is 23.2 Å². The van der Waals surface area contributed by atoms with Crippen LogP contribution in [0.3, 0.4) is 0 Å². The topological polar surface area (TPSA) is 74.1 Å². The molecule has 1 saturated heterocycles. The summed E-state index contributed by atoms with van der Waals surface area (Å²) in [5.41, 5.74) is 1.79. The summed E-state index contributed by atoms with van der Waals surface area (Å²) in [6, 6.07) is 17.5. The van der Waals surface area contributed by atoms with Gasteiger partial charge in [-0.3, -0.25) is 14.6 Å². The van der Waals surface area contributed by atoms with Gasteiger partial charge in [-0.25, -0.2) is 4.90 Å². The number of halogens is 2. The molecule has 2 aromatic carbocycles. The van der Waals surface area contributed by atoms with Crippen molar-refractivity contribution in [3.63, 3.8) is 0 Å². The Kier molecular flexibility index (Phi) is 4.18. The van der Waals surface area contributed by atoms with Crippen LogP contribution in [-0.2, 0) is 15.0 Å². The van der Waals surface area contributed by atoms with Gasteiger partial charge in [0.1, 0.15) is 0 Å². The quantitative estimate of drug-likeness (QED) is 0.574. The highest BCUT2D eigenvalue weighted by Gasteiger charge is 2.78. The number of fused-ring (bicyclic) bond motifs is 1. The fourth-order valence-corrected chi connectivity index (χ4v) is 5.22. The van der Waals surface area contributed by atoms with Crippen LogP contribution in [-0.4, -0.2) is 16.8 Å². The van der Waals surface area contributed by atoms with Crippen LogP contribution in [0.2, 0.25) is 10.0 Å². The Balaban J connectivity index is 1.62. The van der Waals surface area contributed by atoms with Crippen LogP contribution in [0, 0.1) is 23.2 Å². The number of aromatic nitrogens is 1. The largest absolute Gasteiger partial charge is 0.274 e. The molecule has 1 aliphatic carbocycles. The van der Waals surface area contributed by atoms with E-state index in [1.54, 1.807) is 42.7 Å². The number of carbonyl (C=O) groups excluding carboxylic acids is 2. The first-order valence-electron chi connectivity index (χ1n) is 9.23. The summed E-state index contributed by atoms with van der Waals surface area (Å²) in [5.74, 6) is -1.66. The molecule has 3 aromatic rings. The van der Waals surface area contributed by atoms with Gasteiger partial charge in [0.2, 0.25) is 11.8 Å². The number of pyridine rings is 1. The first kappa shape index (κ1) is 18.8. The molecule has 2 amide bonds. The van der Waals surface area contributed by atoms with Gasteiger partial charge in [-0.15, -0.1) is 0 Å². The van der Waals surface area contributed by atoms with Crippen LogP contribution < -0.4 is 4.90 Å². The van der Waals surface area contributed by atoms with Crippen molar-refractivity contribution in [2.24, 2.45) is 11.8 Å². The van der Waals surface area contributed by atoms with Gasteiger partial charge >= 0.3 is 0 Å². The first-order chi connectivity index (χ1) is 14.5. The zero-order chi connectivity index (χ0) is 21.0. The van der Waals surface area contributed by atoms with E-state index < -0.39 is 17.3 Å². The second-order valence-electron chi connectivity index (χ2n) is 7.39. The number of hydrogen-bond donors (Lipinski definition) is 0. The Morgan fingerprint density at radius 3 is 1.93 bits per heavy atom. The molecular weight excluding hydrogens is 421 g/mol. The Bertz CT molecular complexity index is 1190. The predicted octanol–water partition coefficient (Wildman–Crippen LogP) is 4.37.